The first kappa shape index (κ1) is 30.1. The maximum Gasteiger partial charge on any atom is 0.138 e. The van der Waals surface area contributed by atoms with Crippen molar-refractivity contribution in [2.45, 2.75) is 9.75 Å². The van der Waals surface area contributed by atoms with Gasteiger partial charge in [-0.05, 0) is 59.3 Å². The van der Waals surface area contributed by atoms with Crippen LogP contribution in [0.3, 0.4) is 0 Å². The van der Waals surface area contributed by atoms with Gasteiger partial charge in [0, 0.05) is 35.2 Å². The topological polar surface area (TPSA) is 35.1 Å². The highest BCUT2D eigenvalue weighted by Crippen LogP contribution is 2.44. The van der Waals surface area contributed by atoms with E-state index in [9.17, 15) is 4.39 Å². The Labute approximate surface area is 285 Å². The van der Waals surface area contributed by atoms with Gasteiger partial charge in [0.15, 0.2) is 0 Å². The van der Waals surface area contributed by atoms with E-state index < -0.39 is 17.2 Å². The van der Waals surface area contributed by atoms with Gasteiger partial charge in [0.05, 0.1) is 21.0 Å². The van der Waals surface area contributed by atoms with Crippen molar-refractivity contribution in [2.75, 3.05) is 6.26 Å². The maximum absolute atomic E-state index is 15.7. The Bertz CT molecular complexity index is 2270. The zero-order valence-corrected chi connectivity index (χ0v) is 27.4. The van der Waals surface area contributed by atoms with Crippen LogP contribution in [0.15, 0.2) is 156 Å². The third-order valence-electron chi connectivity index (χ3n) is 8.67. The van der Waals surface area contributed by atoms with Crippen LogP contribution in [0.4, 0.5) is 8.78 Å². The number of thiophene rings is 1. The number of fused-ring (bicyclic) bond motifs is 1. The quantitative estimate of drug-likeness (QED) is 0.120. The number of aromatic nitrogens is 4. The number of hydrogen-bond donors (Lipinski definition) is 0. The van der Waals surface area contributed by atoms with Crippen LogP contribution in [-0.2, 0) is 5.54 Å². The molecular formula is C40H28F2N4S2. The molecule has 0 radical (unpaired) electrons. The molecule has 0 aliphatic rings. The molecule has 0 amide bonds. The van der Waals surface area contributed by atoms with Crippen molar-refractivity contribution in [3.05, 3.63) is 180 Å². The third-order valence-corrected chi connectivity index (χ3v) is 10.9. The number of nitrogens with zero attached hydrogens (tertiary/aromatic N) is 4. The van der Waals surface area contributed by atoms with Crippen molar-refractivity contribution in [1.82, 2.24) is 19.2 Å². The van der Waals surface area contributed by atoms with E-state index in [1.807, 2.05) is 90.0 Å². The van der Waals surface area contributed by atoms with Crippen molar-refractivity contribution in [3.8, 4) is 33.0 Å². The van der Waals surface area contributed by atoms with Crippen molar-refractivity contribution in [3.63, 3.8) is 0 Å². The second kappa shape index (κ2) is 12.4. The van der Waals surface area contributed by atoms with Crippen molar-refractivity contribution < 1.29 is 8.78 Å². The average molecular weight is 667 g/mol. The summed E-state index contributed by atoms with van der Waals surface area (Å²) in [5.74, 6) is -1.33. The Hall–Kier alpha value is -5.31. The molecule has 0 bridgehead atoms. The molecule has 0 fully saturated rings. The molecule has 234 valence electrons. The van der Waals surface area contributed by atoms with E-state index in [1.54, 1.807) is 23.1 Å². The van der Waals surface area contributed by atoms with Crippen molar-refractivity contribution in [1.29, 1.82) is 0 Å². The number of imidazole rings is 1. The van der Waals surface area contributed by atoms with Crippen LogP contribution in [0.25, 0.3) is 38.6 Å². The highest BCUT2D eigenvalue weighted by Gasteiger charge is 2.40. The van der Waals surface area contributed by atoms with E-state index in [1.165, 1.54) is 16.3 Å². The van der Waals surface area contributed by atoms with Gasteiger partial charge >= 0.3 is 0 Å². The van der Waals surface area contributed by atoms with Gasteiger partial charge in [0.25, 0.3) is 0 Å². The largest absolute Gasteiger partial charge is 0.298 e. The summed E-state index contributed by atoms with van der Waals surface area (Å²) >= 11 is 3.42. The van der Waals surface area contributed by atoms with Crippen LogP contribution in [0.1, 0.15) is 16.7 Å². The molecular weight excluding hydrogens is 639 g/mol. The van der Waals surface area contributed by atoms with Gasteiger partial charge in [-0.3, -0.25) is 9.08 Å². The highest BCUT2D eigenvalue weighted by molar-refractivity contribution is 8.00. The molecule has 48 heavy (non-hydrogen) atoms. The minimum Gasteiger partial charge on any atom is -0.298 e. The van der Waals surface area contributed by atoms with Crippen LogP contribution >= 0.6 is 23.1 Å². The van der Waals surface area contributed by atoms with Gasteiger partial charge in [0.2, 0.25) is 0 Å². The van der Waals surface area contributed by atoms with Crippen LogP contribution in [0, 0.1) is 11.6 Å². The summed E-state index contributed by atoms with van der Waals surface area (Å²) in [5.41, 5.74) is 5.91. The molecule has 0 atom stereocenters. The van der Waals surface area contributed by atoms with E-state index in [0.717, 1.165) is 44.5 Å². The molecule has 8 rings (SSSR count). The number of rotatable bonds is 8. The number of pyridine rings is 1. The van der Waals surface area contributed by atoms with Crippen LogP contribution in [0.5, 0.6) is 0 Å². The molecule has 8 aromatic rings. The summed E-state index contributed by atoms with van der Waals surface area (Å²) in [5, 5.41) is 5.24. The van der Waals surface area contributed by atoms with Gasteiger partial charge in [-0.25, -0.2) is 13.8 Å². The van der Waals surface area contributed by atoms with E-state index in [0.29, 0.717) is 11.3 Å². The Morgan fingerprint density at radius 3 is 1.92 bits per heavy atom. The molecule has 8 heteroatoms. The second-order valence-corrected chi connectivity index (χ2v) is 13.6. The molecule has 0 unspecified atom stereocenters. The fraction of sp³-hybridized carbons (Fsp3) is 0.0500. The fourth-order valence-corrected chi connectivity index (χ4v) is 8.01. The Morgan fingerprint density at radius 2 is 1.33 bits per heavy atom. The van der Waals surface area contributed by atoms with E-state index in [-0.39, 0.29) is 5.56 Å². The summed E-state index contributed by atoms with van der Waals surface area (Å²) in [7, 11) is 0. The Balaban J connectivity index is 1.43. The maximum atomic E-state index is 15.7. The smallest absolute Gasteiger partial charge is 0.138 e. The van der Waals surface area contributed by atoms with Gasteiger partial charge in [0.1, 0.15) is 28.5 Å². The van der Waals surface area contributed by atoms with Gasteiger partial charge < -0.3 is 0 Å². The summed E-state index contributed by atoms with van der Waals surface area (Å²) in [6.07, 6.45) is 7.96. The molecule has 0 saturated carbocycles. The monoisotopic (exact) mass is 666 g/mol. The summed E-state index contributed by atoms with van der Waals surface area (Å²) in [6.45, 7) is 0. The Morgan fingerprint density at radius 1 is 0.688 bits per heavy atom. The van der Waals surface area contributed by atoms with Crippen LogP contribution < -0.4 is 0 Å². The first-order chi connectivity index (χ1) is 23.6. The van der Waals surface area contributed by atoms with Crippen molar-refractivity contribution in [2.24, 2.45) is 0 Å². The number of thioether (sulfide) groups is 1. The number of benzene rings is 4. The minimum atomic E-state index is -0.928. The molecule has 4 aromatic carbocycles. The SMILES string of the molecule is CSc1ccc(-c2cnc3ccc(-c4cn(C(c5ccccc5)(c5ccccc5)c5ccccc5)nc4-c4ccc(F)cc4F)cn23)s1. The Kier molecular flexibility index (Phi) is 7.75. The van der Waals surface area contributed by atoms with Gasteiger partial charge in [-0.15, -0.1) is 23.1 Å². The molecule has 0 aliphatic carbocycles. The van der Waals surface area contributed by atoms with Gasteiger partial charge in [-0.1, -0.05) is 91.0 Å². The molecule has 4 heterocycles. The fourth-order valence-electron chi connectivity index (χ4n) is 6.46. The van der Waals surface area contributed by atoms with Crippen LogP contribution in [-0.4, -0.2) is 25.4 Å². The standard InChI is InChI=1S/C40H28F2N4S2/c1-47-38-22-20-36(48-38)35-24-43-37-21-17-27(25-45(35)37)33-26-46(44-39(33)32-19-18-31(41)23-34(32)42)40(28-11-5-2-6-12-28,29-13-7-3-8-14-29)30-15-9-4-10-16-30/h2-26H,1H3. The lowest BCUT2D eigenvalue weighted by Gasteiger charge is -2.36. The van der Waals surface area contributed by atoms with Gasteiger partial charge in [-0.2, -0.15) is 5.10 Å². The first-order valence-corrected chi connectivity index (χ1v) is 17.4. The summed E-state index contributed by atoms with van der Waals surface area (Å²) in [4.78, 5) is 5.77. The van der Waals surface area contributed by atoms with Crippen molar-refractivity contribution >= 4 is 28.7 Å². The molecule has 4 aromatic heterocycles. The molecule has 0 aliphatic heterocycles. The zero-order valence-electron chi connectivity index (χ0n) is 25.8. The molecule has 0 spiro atoms. The first-order valence-electron chi connectivity index (χ1n) is 15.4. The highest BCUT2D eigenvalue weighted by atomic mass is 32.2. The second-order valence-electron chi connectivity index (χ2n) is 11.4. The molecule has 0 saturated heterocycles. The normalized spacial score (nSPS) is 11.7. The average Bonchev–Trinajstić information content (AvgIpc) is 3.89. The van der Waals surface area contributed by atoms with E-state index in [4.69, 9.17) is 5.10 Å². The molecule has 4 nitrogen and oxygen atoms in total. The number of hydrogen-bond acceptors (Lipinski definition) is 4. The molecule has 0 N–H and O–H groups in total. The predicted molar refractivity (Wildman–Crippen MR) is 191 cm³/mol. The predicted octanol–water partition coefficient (Wildman–Crippen LogP) is 10.4. The number of halogens is 2. The lowest BCUT2D eigenvalue weighted by Crippen LogP contribution is -2.38. The minimum absolute atomic E-state index is 0.210. The summed E-state index contributed by atoms with van der Waals surface area (Å²) in [6, 6.07) is 42.4. The lowest BCUT2D eigenvalue weighted by molar-refractivity contribution is 0.461. The lowest BCUT2D eigenvalue weighted by atomic mass is 9.77. The van der Waals surface area contributed by atoms with E-state index >= 15 is 4.39 Å². The summed E-state index contributed by atoms with van der Waals surface area (Å²) < 4.78 is 35.2. The van der Waals surface area contributed by atoms with E-state index in [2.05, 4.69) is 64.2 Å². The third kappa shape index (κ3) is 5.05. The zero-order chi connectivity index (χ0) is 32.7. The van der Waals surface area contributed by atoms with Crippen LogP contribution in [0.2, 0.25) is 0 Å².